The molecule has 0 aromatic heterocycles. The van der Waals surface area contributed by atoms with Crippen molar-refractivity contribution in [2.45, 2.75) is 26.3 Å². The summed E-state index contributed by atoms with van der Waals surface area (Å²) >= 11 is 0. The van der Waals surface area contributed by atoms with Crippen LogP contribution in [-0.2, 0) is 4.79 Å². The van der Waals surface area contributed by atoms with Gasteiger partial charge in [-0.1, -0.05) is 0 Å². The van der Waals surface area contributed by atoms with Crippen molar-refractivity contribution < 1.29 is 9.59 Å². The fourth-order valence-electron chi connectivity index (χ4n) is 1.75. The second-order valence-corrected chi connectivity index (χ2v) is 4.78. The van der Waals surface area contributed by atoms with E-state index in [0.717, 1.165) is 0 Å². The Morgan fingerprint density at radius 2 is 2.00 bits per heavy atom. The summed E-state index contributed by atoms with van der Waals surface area (Å²) < 4.78 is 0. The minimum Gasteiger partial charge on any atom is -0.399 e. The lowest BCUT2D eigenvalue weighted by Crippen LogP contribution is -2.31. The fourth-order valence-corrected chi connectivity index (χ4v) is 1.75. The molecule has 0 aliphatic heterocycles. The zero-order valence-corrected chi connectivity index (χ0v) is 12.1. The number of benzene rings is 1. The molecule has 110 valence electrons. The van der Waals surface area contributed by atoms with Crippen LogP contribution in [0.3, 0.4) is 0 Å². The summed E-state index contributed by atoms with van der Waals surface area (Å²) in [5.41, 5.74) is 7.41. The van der Waals surface area contributed by atoms with Gasteiger partial charge in [0.25, 0.3) is 5.91 Å². The van der Waals surface area contributed by atoms with E-state index in [1.165, 1.54) is 0 Å². The normalized spacial score (nSPS) is 10.2. The van der Waals surface area contributed by atoms with Crippen molar-refractivity contribution in [1.82, 2.24) is 10.6 Å². The molecule has 1 aromatic rings. The number of nitrogens with two attached hydrogens (primary N) is 1. The quantitative estimate of drug-likeness (QED) is 0.583. The van der Waals surface area contributed by atoms with Crippen molar-refractivity contribution >= 4 is 23.2 Å². The summed E-state index contributed by atoms with van der Waals surface area (Å²) in [5.74, 6) is -0.225. The van der Waals surface area contributed by atoms with Gasteiger partial charge in [-0.05, 0) is 32.0 Å². The van der Waals surface area contributed by atoms with Crippen molar-refractivity contribution in [3.63, 3.8) is 0 Å². The molecule has 0 atom stereocenters. The predicted molar refractivity (Wildman–Crippen MR) is 80.6 cm³/mol. The minimum absolute atomic E-state index is 0.0297. The smallest absolute Gasteiger partial charge is 0.253 e. The largest absolute Gasteiger partial charge is 0.399 e. The van der Waals surface area contributed by atoms with Gasteiger partial charge < -0.3 is 21.7 Å². The molecule has 0 aliphatic rings. The van der Waals surface area contributed by atoms with Crippen LogP contribution in [0.4, 0.5) is 11.4 Å². The maximum absolute atomic E-state index is 11.7. The van der Waals surface area contributed by atoms with Crippen LogP contribution in [0, 0.1) is 0 Å². The molecule has 0 saturated heterocycles. The second kappa shape index (κ2) is 7.37. The van der Waals surface area contributed by atoms with E-state index in [4.69, 9.17) is 5.73 Å². The Kier molecular flexibility index (Phi) is 5.83. The van der Waals surface area contributed by atoms with E-state index in [2.05, 4.69) is 16.0 Å². The zero-order chi connectivity index (χ0) is 15.1. The van der Waals surface area contributed by atoms with Gasteiger partial charge in [0.15, 0.2) is 0 Å². The lowest BCUT2D eigenvalue weighted by Gasteiger charge is -2.13. The number of nitrogens with one attached hydrogen (secondary N) is 3. The molecule has 0 heterocycles. The van der Waals surface area contributed by atoms with Crippen LogP contribution in [0.5, 0.6) is 0 Å². The van der Waals surface area contributed by atoms with Crippen LogP contribution < -0.4 is 21.7 Å². The Labute approximate surface area is 119 Å². The Morgan fingerprint density at radius 3 is 2.60 bits per heavy atom. The molecule has 20 heavy (non-hydrogen) atoms. The molecular formula is C14H22N4O2. The average Bonchev–Trinajstić information content (AvgIpc) is 2.37. The minimum atomic E-state index is -0.195. The van der Waals surface area contributed by atoms with Crippen molar-refractivity contribution in [2.75, 3.05) is 24.6 Å². The number of hydrogen-bond acceptors (Lipinski definition) is 4. The van der Waals surface area contributed by atoms with E-state index >= 15 is 0 Å². The number of carbonyl (C=O) groups is 2. The molecule has 0 bridgehead atoms. The number of hydrogen-bond donors (Lipinski definition) is 4. The standard InChI is InChI=1S/C14H22N4O2/c1-9(2)18-13(19)6-7-17-12-8-10(15)4-5-11(12)14(20)16-3/h4-5,8-9,17H,6-7,15H2,1-3H3,(H,16,20)(H,18,19). The van der Waals surface area contributed by atoms with Crippen molar-refractivity contribution in [2.24, 2.45) is 0 Å². The van der Waals surface area contributed by atoms with E-state index in [-0.39, 0.29) is 17.9 Å². The Bertz CT molecular complexity index is 486. The van der Waals surface area contributed by atoms with Crippen molar-refractivity contribution in [3.8, 4) is 0 Å². The van der Waals surface area contributed by atoms with E-state index in [0.29, 0.717) is 29.9 Å². The van der Waals surface area contributed by atoms with Gasteiger partial charge in [-0.25, -0.2) is 0 Å². The summed E-state index contributed by atoms with van der Waals surface area (Å²) in [7, 11) is 1.57. The van der Waals surface area contributed by atoms with Crippen LogP contribution in [-0.4, -0.2) is 31.4 Å². The van der Waals surface area contributed by atoms with Gasteiger partial charge in [0.05, 0.1) is 5.56 Å². The van der Waals surface area contributed by atoms with Gasteiger partial charge in [-0.2, -0.15) is 0 Å². The molecule has 1 aromatic carbocycles. The molecule has 1 rings (SSSR count). The first-order chi connectivity index (χ1) is 9.43. The Morgan fingerprint density at radius 1 is 1.30 bits per heavy atom. The Hall–Kier alpha value is -2.24. The number of rotatable bonds is 6. The number of nitrogen functional groups attached to an aromatic ring is 1. The van der Waals surface area contributed by atoms with Crippen LogP contribution in [0.15, 0.2) is 18.2 Å². The Balaban J connectivity index is 2.65. The number of amides is 2. The third-order valence-electron chi connectivity index (χ3n) is 2.63. The molecule has 6 heteroatoms. The monoisotopic (exact) mass is 278 g/mol. The summed E-state index contributed by atoms with van der Waals surface area (Å²) in [5, 5.41) is 8.45. The SMILES string of the molecule is CNC(=O)c1ccc(N)cc1NCCC(=O)NC(C)C. The molecule has 0 unspecified atom stereocenters. The highest BCUT2D eigenvalue weighted by Crippen LogP contribution is 2.19. The van der Waals surface area contributed by atoms with E-state index in [1.54, 1.807) is 25.2 Å². The molecule has 0 radical (unpaired) electrons. The second-order valence-electron chi connectivity index (χ2n) is 4.78. The van der Waals surface area contributed by atoms with E-state index in [9.17, 15) is 9.59 Å². The third kappa shape index (κ3) is 4.79. The van der Waals surface area contributed by atoms with Gasteiger partial charge in [-0.3, -0.25) is 9.59 Å². The van der Waals surface area contributed by atoms with Gasteiger partial charge in [0.2, 0.25) is 5.91 Å². The number of carbonyl (C=O) groups excluding carboxylic acids is 2. The lowest BCUT2D eigenvalue weighted by molar-refractivity contribution is -0.121. The van der Waals surface area contributed by atoms with Crippen LogP contribution in [0.2, 0.25) is 0 Å². The molecule has 5 N–H and O–H groups in total. The molecule has 0 saturated carbocycles. The summed E-state index contributed by atoms with van der Waals surface area (Å²) in [6.45, 7) is 4.26. The maximum Gasteiger partial charge on any atom is 0.253 e. The maximum atomic E-state index is 11.7. The van der Waals surface area contributed by atoms with Crippen molar-refractivity contribution in [3.05, 3.63) is 23.8 Å². The highest BCUT2D eigenvalue weighted by Gasteiger charge is 2.10. The fraction of sp³-hybridized carbons (Fsp3) is 0.429. The predicted octanol–water partition coefficient (Wildman–Crippen LogP) is 0.955. The highest BCUT2D eigenvalue weighted by atomic mass is 16.2. The van der Waals surface area contributed by atoms with Crippen LogP contribution in [0.25, 0.3) is 0 Å². The third-order valence-corrected chi connectivity index (χ3v) is 2.63. The topological polar surface area (TPSA) is 96.2 Å². The average molecular weight is 278 g/mol. The molecule has 6 nitrogen and oxygen atoms in total. The van der Waals surface area contributed by atoms with E-state index < -0.39 is 0 Å². The lowest BCUT2D eigenvalue weighted by atomic mass is 10.1. The first kappa shape index (κ1) is 15.8. The molecule has 0 spiro atoms. The zero-order valence-electron chi connectivity index (χ0n) is 12.1. The number of anilines is 2. The van der Waals surface area contributed by atoms with Gasteiger partial charge in [0.1, 0.15) is 0 Å². The molecule has 2 amide bonds. The molecule has 0 aliphatic carbocycles. The van der Waals surface area contributed by atoms with Gasteiger partial charge >= 0.3 is 0 Å². The first-order valence-corrected chi connectivity index (χ1v) is 6.59. The van der Waals surface area contributed by atoms with E-state index in [1.807, 2.05) is 13.8 Å². The summed E-state index contributed by atoms with van der Waals surface area (Å²) in [4.78, 5) is 23.2. The first-order valence-electron chi connectivity index (χ1n) is 6.59. The van der Waals surface area contributed by atoms with Crippen LogP contribution >= 0.6 is 0 Å². The molecular weight excluding hydrogens is 256 g/mol. The highest BCUT2D eigenvalue weighted by molar-refractivity contribution is 6.00. The van der Waals surface area contributed by atoms with Crippen LogP contribution in [0.1, 0.15) is 30.6 Å². The van der Waals surface area contributed by atoms with Gasteiger partial charge in [-0.15, -0.1) is 0 Å². The van der Waals surface area contributed by atoms with Crippen molar-refractivity contribution in [1.29, 1.82) is 0 Å². The summed E-state index contributed by atoms with van der Waals surface area (Å²) in [6, 6.07) is 5.13. The van der Waals surface area contributed by atoms with Gasteiger partial charge in [0, 0.05) is 37.4 Å². The summed E-state index contributed by atoms with van der Waals surface area (Å²) in [6.07, 6.45) is 0.333. The molecule has 0 fully saturated rings.